The maximum atomic E-state index is 11.2. The molecule has 0 aromatic carbocycles. The summed E-state index contributed by atoms with van der Waals surface area (Å²) in [6.45, 7) is 3.50. The van der Waals surface area contributed by atoms with Crippen molar-refractivity contribution in [3.8, 4) is 0 Å². The Kier molecular flexibility index (Phi) is 28.1. The minimum Gasteiger partial charge on any atom is -0.480 e. The van der Waals surface area contributed by atoms with Gasteiger partial charge in [0.15, 0.2) is 0 Å². The topological polar surface area (TPSA) is 358 Å². The van der Waals surface area contributed by atoms with Crippen LogP contribution in [0.15, 0.2) is 0 Å². The van der Waals surface area contributed by atoms with Crippen molar-refractivity contribution in [1.29, 1.82) is 0 Å². The van der Waals surface area contributed by atoms with Crippen molar-refractivity contribution in [2.24, 2.45) is 34.4 Å². The molecule has 0 aliphatic rings. The highest BCUT2D eigenvalue weighted by Crippen LogP contribution is 2.00. The Morgan fingerprint density at radius 2 is 1.21 bits per heavy atom. The fraction of sp³-hybridized carbons (Fsp3) is 0.700. The summed E-state index contributed by atoms with van der Waals surface area (Å²) in [4.78, 5) is 62.0. The van der Waals surface area contributed by atoms with Gasteiger partial charge in [0.1, 0.15) is 36.8 Å². The summed E-state index contributed by atoms with van der Waals surface area (Å²) in [5.74, 6) is -4.83. The maximum absolute atomic E-state index is 11.2. The Labute approximate surface area is 229 Å². The molecule has 19 heteroatoms. The van der Waals surface area contributed by atoms with Crippen LogP contribution in [0.1, 0.15) is 27.2 Å². The summed E-state index contributed by atoms with van der Waals surface area (Å²) in [6, 6.07) is -4.74. The normalized spacial score (nSPS) is 14.3. The molecule has 0 bridgehead atoms. The number of aliphatic carboxylic acids is 3. The largest absolute Gasteiger partial charge is 0.480 e. The van der Waals surface area contributed by atoms with E-state index in [1.807, 2.05) is 6.26 Å². The average molecular weight is 591 g/mol. The molecule has 0 heterocycles. The van der Waals surface area contributed by atoms with Crippen LogP contribution in [0.2, 0.25) is 0 Å². The number of carbonyl (C=O) groups is 6. The number of hydrogen-bond donors (Lipinski definition) is 10. The van der Waals surface area contributed by atoms with Gasteiger partial charge in [-0.1, -0.05) is 0 Å². The number of hydrogen-bond acceptors (Lipinski definition) is 16. The highest BCUT2D eigenvalue weighted by molar-refractivity contribution is 7.98. The predicted molar refractivity (Wildman–Crippen MR) is 140 cm³/mol. The van der Waals surface area contributed by atoms with Crippen molar-refractivity contribution in [3.63, 3.8) is 0 Å². The number of esters is 3. The Bertz CT molecular complexity index is 755. The molecule has 0 fully saturated rings. The zero-order valence-corrected chi connectivity index (χ0v) is 23.0. The summed E-state index contributed by atoms with van der Waals surface area (Å²) in [5, 5.41) is 32.8. The van der Waals surface area contributed by atoms with E-state index in [2.05, 4.69) is 15.2 Å². The molecule has 0 aromatic rings. The number of carboxylic acids is 3. The van der Waals surface area contributed by atoms with Crippen LogP contribution in [0.25, 0.3) is 0 Å². The van der Waals surface area contributed by atoms with Crippen LogP contribution in [-0.2, 0) is 38.2 Å². The van der Waals surface area contributed by atoms with E-state index in [1.165, 1.54) is 20.8 Å². The first-order valence-corrected chi connectivity index (χ1v) is 12.4. The Morgan fingerprint density at radius 3 is 1.49 bits per heavy atom. The lowest BCUT2D eigenvalue weighted by Crippen LogP contribution is -2.44. The van der Waals surface area contributed by atoms with E-state index in [1.54, 1.807) is 11.8 Å². The minimum absolute atomic E-state index is 0.278. The summed E-state index contributed by atoms with van der Waals surface area (Å²) in [5.41, 5.74) is 30.4. The van der Waals surface area contributed by atoms with Gasteiger partial charge < -0.3 is 64.3 Å². The average Bonchev–Trinajstić information content (AvgIpc) is 2.85. The van der Waals surface area contributed by atoms with E-state index in [-0.39, 0.29) is 13.2 Å². The van der Waals surface area contributed by atoms with Crippen molar-refractivity contribution in [1.82, 2.24) is 0 Å². The van der Waals surface area contributed by atoms with Crippen LogP contribution in [0, 0.1) is 0 Å². The summed E-state index contributed by atoms with van der Waals surface area (Å²) in [7, 11) is 0. The van der Waals surface area contributed by atoms with Gasteiger partial charge in [-0.15, -0.1) is 0 Å². The zero-order chi connectivity index (χ0) is 31.9. The molecule has 0 saturated heterocycles. The van der Waals surface area contributed by atoms with Gasteiger partial charge >= 0.3 is 35.8 Å². The van der Waals surface area contributed by atoms with Crippen molar-refractivity contribution in [3.05, 3.63) is 0 Å². The van der Waals surface area contributed by atoms with Crippen molar-refractivity contribution < 1.29 is 58.7 Å². The second-order valence-corrected chi connectivity index (χ2v) is 8.47. The van der Waals surface area contributed by atoms with Gasteiger partial charge in [-0.05, 0) is 39.2 Å². The fourth-order valence-electron chi connectivity index (χ4n) is 1.17. The van der Waals surface area contributed by atoms with Crippen molar-refractivity contribution in [2.45, 2.75) is 63.5 Å². The number of carboxylic acid groups (broad SMARTS) is 3. The van der Waals surface area contributed by atoms with E-state index in [0.717, 1.165) is 5.75 Å². The number of rotatable bonds is 12. The molecule has 0 unspecified atom stereocenters. The smallest absolute Gasteiger partial charge is 0.333 e. The Morgan fingerprint density at radius 1 is 0.769 bits per heavy atom. The van der Waals surface area contributed by atoms with Crippen LogP contribution in [0.4, 0.5) is 0 Å². The number of nitrogens with two attached hydrogens (primary N) is 6. The lowest BCUT2D eigenvalue weighted by Gasteiger charge is -2.13. The van der Waals surface area contributed by atoms with Gasteiger partial charge in [-0.3, -0.25) is 19.2 Å². The van der Waals surface area contributed by atoms with Gasteiger partial charge in [-0.2, -0.15) is 11.8 Å². The van der Waals surface area contributed by atoms with Crippen LogP contribution >= 0.6 is 11.8 Å². The third-order valence-electron chi connectivity index (χ3n) is 3.59. The molecule has 6 atom stereocenters. The van der Waals surface area contributed by atoms with Gasteiger partial charge in [-0.25, -0.2) is 9.59 Å². The van der Waals surface area contributed by atoms with Crippen molar-refractivity contribution >= 4 is 47.6 Å². The van der Waals surface area contributed by atoms with Gasteiger partial charge in [0.25, 0.3) is 0 Å². The van der Waals surface area contributed by atoms with E-state index in [9.17, 15) is 28.8 Å². The molecule has 0 aromatic heterocycles. The zero-order valence-electron chi connectivity index (χ0n) is 22.2. The van der Waals surface area contributed by atoms with E-state index < -0.39 is 72.1 Å². The summed E-state index contributed by atoms with van der Waals surface area (Å²) in [6.07, 6.45) is 1.34. The van der Waals surface area contributed by atoms with E-state index in [0.29, 0.717) is 6.42 Å². The first-order valence-electron chi connectivity index (χ1n) is 11.0. The molecule has 0 saturated carbocycles. The standard InChI is InChI=1S/C8H16N2O4S.C7H14N2O4.C3H7NO2.C2H5NO2/c1-15-3-2-5(9)8(13)14-4-6(10)7(11)12;1-3(8)6(11)13-7(12)5(9)4(2)10;1-2(4)3(5)6;3-1-2(4)5/h5-6H,2-4,9-10H2,1H3,(H,11,12);3-5,10H,8-9H2,1-2H3;2H,4H2,1H3,(H,5,6);1,3H2,(H,4,5)/t5-,6-;3-,4+,5-;2-;/m000./s1. The molecular formula is C20H42N6O12S. The van der Waals surface area contributed by atoms with Crippen LogP contribution in [-0.4, -0.2) is 118 Å². The maximum Gasteiger partial charge on any atom is 0.333 e. The van der Waals surface area contributed by atoms with E-state index >= 15 is 0 Å². The predicted octanol–water partition coefficient (Wildman–Crippen LogP) is -4.42. The molecule has 0 aliphatic heterocycles. The molecule has 39 heavy (non-hydrogen) atoms. The molecule has 0 rings (SSSR count). The number of aliphatic hydroxyl groups is 1. The van der Waals surface area contributed by atoms with Crippen LogP contribution < -0.4 is 34.4 Å². The molecule has 230 valence electrons. The molecule has 16 N–H and O–H groups in total. The minimum atomic E-state index is -1.22. The molecule has 0 amide bonds. The quantitative estimate of drug-likeness (QED) is 0.0756. The highest BCUT2D eigenvalue weighted by atomic mass is 32.2. The molecule has 0 spiro atoms. The lowest BCUT2D eigenvalue weighted by molar-refractivity contribution is -0.163. The molecule has 0 radical (unpaired) electrons. The molecule has 0 aliphatic carbocycles. The van der Waals surface area contributed by atoms with E-state index in [4.69, 9.17) is 49.1 Å². The number of carbonyl (C=O) groups excluding carboxylic acids is 3. The second-order valence-electron chi connectivity index (χ2n) is 7.48. The number of ether oxygens (including phenoxy) is 2. The first-order chi connectivity index (χ1) is 17.8. The summed E-state index contributed by atoms with van der Waals surface area (Å²) >= 11 is 1.57. The van der Waals surface area contributed by atoms with Gasteiger partial charge in [0, 0.05) is 0 Å². The van der Waals surface area contributed by atoms with Crippen molar-refractivity contribution in [2.75, 3.05) is 25.2 Å². The summed E-state index contributed by atoms with van der Waals surface area (Å²) < 4.78 is 8.89. The van der Waals surface area contributed by atoms with Gasteiger partial charge in [0.05, 0.1) is 12.6 Å². The number of thioether (sulfide) groups is 1. The van der Waals surface area contributed by atoms with Gasteiger partial charge in [0.2, 0.25) is 0 Å². The SMILES string of the molecule is CSCC[C@H](N)C(=O)OC[C@H](N)C(=O)O.C[C@H](N)C(=O)O.C[C@H](N)C(=O)OC(=O)[C@@H](N)[C@@H](C)O.NCC(=O)O. The van der Waals surface area contributed by atoms with Crippen LogP contribution in [0.5, 0.6) is 0 Å². The number of aliphatic hydroxyl groups excluding tert-OH is 1. The fourth-order valence-corrected chi connectivity index (χ4v) is 1.66. The first kappa shape index (κ1) is 43.2. The Balaban J connectivity index is -0.000000230. The molecule has 18 nitrogen and oxygen atoms in total. The second kappa shape index (κ2) is 25.4. The third-order valence-corrected chi connectivity index (χ3v) is 4.23. The van der Waals surface area contributed by atoms with Crippen LogP contribution in [0.3, 0.4) is 0 Å². The lowest BCUT2D eigenvalue weighted by atomic mass is 10.2. The highest BCUT2D eigenvalue weighted by Gasteiger charge is 2.24. The monoisotopic (exact) mass is 590 g/mol. The third kappa shape index (κ3) is 29.5. The Hall–Kier alpha value is -2.91. The molecular weight excluding hydrogens is 548 g/mol.